The largest absolute Gasteiger partial charge is 0.497 e. The van der Waals surface area contributed by atoms with Gasteiger partial charge in [-0.2, -0.15) is 12.6 Å². The molecule has 0 bridgehead atoms. The first kappa shape index (κ1) is 10.1. The first-order valence-electron chi connectivity index (χ1n) is 3.88. The lowest BCUT2D eigenvalue weighted by Crippen LogP contribution is -1.85. The van der Waals surface area contributed by atoms with Crippen molar-refractivity contribution in [3.8, 4) is 5.75 Å². The molecule has 70 valence electrons. The van der Waals surface area contributed by atoms with Gasteiger partial charge >= 0.3 is 0 Å². The van der Waals surface area contributed by atoms with Gasteiger partial charge in [-0.05, 0) is 17.7 Å². The van der Waals surface area contributed by atoms with Crippen molar-refractivity contribution in [2.24, 2.45) is 0 Å². The van der Waals surface area contributed by atoms with Crippen molar-refractivity contribution in [1.29, 1.82) is 0 Å². The quantitative estimate of drug-likeness (QED) is 0.735. The Labute approximate surface area is 82.6 Å². The van der Waals surface area contributed by atoms with E-state index in [-0.39, 0.29) is 5.82 Å². The molecule has 0 spiro atoms. The molecule has 0 atom stereocenters. The lowest BCUT2D eigenvalue weighted by molar-refractivity contribution is 0.411. The molecule has 3 heteroatoms. The molecule has 0 heterocycles. The van der Waals surface area contributed by atoms with E-state index >= 15 is 0 Å². The summed E-state index contributed by atoms with van der Waals surface area (Å²) in [6.45, 7) is 0. The average Bonchev–Trinajstić information content (AvgIpc) is 2.14. The fraction of sp³-hybridized carbons (Fsp3) is 0.200. The normalized spacial score (nSPS) is 10.7. The van der Waals surface area contributed by atoms with Crippen LogP contribution >= 0.6 is 12.6 Å². The van der Waals surface area contributed by atoms with Crippen molar-refractivity contribution in [2.75, 3.05) is 12.9 Å². The van der Waals surface area contributed by atoms with Crippen LogP contribution in [0.2, 0.25) is 0 Å². The maximum atomic E-state index is 12.9. The monoisotopic (exact) mass is 198 g/mol. The third-order valence-electron chi connectivity index (χ3n) is 1.55. The SMILES string of the molecule is COc1cc(F)cc(C=CCS)c1. The van der Waals surface area contributed by atoms with Gasteiger partial charge in [0.1, 0.15) is 11.6 Å². The van der Waals surface area contributed by atoms with Gasteiger partial charge in [0.05, 0.1) is 7.11 Å². The molecule has 0 fully saturated rings. The molecule has 0 N–H and O–H groups in total. The first-order valence-corrected chi connectivity index (χ1v) is 4.51. The van der Waals surface area contributed by atoms with Gasteiger partial charge < -0.3 is 4.74 Å². The third kappa shape index (κ3) is 3.11. The van der Waals surface area contributed by atoms with Gasteiger partial charge in [0.25, 0.3) is 0 Å². The van der Waals surface area contributed by atoms with E-state index in [2.05, 4.69) is 12.6 Å². The van der Waals surface area contributed by atoms with E-state index < -0.39 is 0 Å². The topological polar surface area (TPSA) is 9.23 Å². The van der Waals surface area contributed by atoms with Crippen molar-refractivity contribution in [3.05, 3.63) is 35.7 Å². The van der Waals surface area contributed by atoms with Crippen LogP contribution in [0.3, 0.4) is 0 Å². The highest BCUT2D eigenvalue weighted by Gasteiger charge is 1.97. The summed E-state index contributed by atoms with van der Waals surface area (Å²) >= 11 is 4.01. The van der Waals surface area contributed by atoms with Crippen molar-refractivity contribution in [3.63, 3.8) is 0 Å². The highest BCUT2D eigenvalue weighted by atomic mass is 32.1. The second kappa shape index (κ2) is 4.92. The number of ether oxygens (including phenoxy) is 1. The summed E-state index contributed by atoms with van der Waals surface area (Å²) < 4.78 is 17.8. The molecule has 0 unspecified atom stereocenters. The second-order valence-corrected chi connectivity index (χ2v) is 2.87. The highest BCUT2D eigenvalue weighted by molar-refractivity contribution is 7.80. The molecule has 0 radical (unpaired) electrons. The Kier molecular flexibility index (Phi) is 3.83. The average molecular weight is 198 g/mol. The summed E-state index contributed by atoms with van der Waals surface area (Å²) in [5.41, 5.74) is 0.783. The van der Waals surface area contributed by atoms with Gasteiger partial charge in [-0.25, -0.2) is 4.39 Å². The number of halogens is 1. The molecule has 0 aliphatic heterocycles. The van der Waals surface area contributed by atoms with Crippen LogP contribution in [0.25, 0.3) is 6.08 Å². The van der Waals surface area contributed by atoms with E-state index in [1.165, 1.54) is 19.2 Å². The van der Waals surface area contributed by atoms with Crippen molar-refractivity contribution < 1.29 is 9.13 Å². The smallest absolute Gasteiger partial charge is 0.127 e. The van der Waals surface area contributed by atoms with E-state index in [1.807, 2.05) is 6.08 Å². The highest BCUT2D eigenvalue weighted by Crippen LogP contribution is 2.16. The van der Waals surface area contributed by atoms with E-state index in [4.69, 9.17) is 4.74 Å². The molecule has 13 heavy (non-hydrogen) atoms. The van der Waals surface area contributed by atoms with Crippen LogP contribution in [0, 0.1) is 5.82 Å². The van der Waals surface area contributed by atoms with Gasteiger partial charge in [0.15, 0.2) is 0 Å². The fourth-order valence-corrected chi connectivity index (χ4v) is 1.09. The summed E-state index contributed by atoms with van der Waals surface area (Å²) in [7, 11) is 1.51. The minimum absolute atomic E-state index is 0.293. The van der Waals surface area contributed by atoms with E-state index in [1.54, 1.807) is 12.1 Å². The Morgan fingerprint density at radius 2 is 2.23 bits per heavy atom. The molecule has 0 saturated heterocycles. The fourth-order valence-electron chi connectivity index (χ4n) is 0.987. The molecule has 0 amide bonds. The number of methoxy groups -OCH3 is 1. The zero-order valence-corrected chi connectivity index (χ0v) is 8.22. The number of thiol groups is 1. The second-order valence-electron chi connectivity index (χ2n) is 2.51. The molecule has 0 saturated carbocycles. The van der Waals surface area contributed by atoms with Crippen LogP contribution in [0.4, 0.5) is 4.39 Å². The van der Waals surface area contributed by atoms with Gasteiger partial charge in [0, 0.05) is 11.8 Å². The van der Waals surface area contributed by atoms with Crippen LogP contribution in [0.1, 0.15) is 5.56 Å². The number of rotatable bonds is 3. The molecule has 0 aliphatic rings. The summed E-state index contributed by atoms with van der Waals surface area (Å²) in [4.78, 5) is 0. The molecule has 1 aromatic carbocycles. The van der Waals surface area contributed by atoms with Gasteiger partial charge in [-0.15, -0.1) is 0 Å². The van der Waals surface area contributed by atoms with Crippen LogP contribution in [0.5, 0.6) is 5.75 Å². The molecule has 1 rings (SSSR count). The number of hydrogen-bond donors (Lipinski definition) is 1. The zero-order valence-electron chi connectivity index (χ0n) is 7.33. The molecule has 1 nitrogen and oxygen atoms in total. The Hall–Kier alpha value is -0.960. The van der Waals surface area contributed by atoms with Crippen LogP contribution in [-0.4, -0.2) is 12.9 Å². The lowest BCUT2D eigenvalue weighted by atomic mass is 10.2. The van der Waals surface area contributed by atoms with E-state index in [0.717, 1.165) is 5.56 Å². The lowest BCUT2D eigenvalue weighted by Gasteiger charge is -2.01. The van der Waals surface area contributed by atoms with Crippen molar-refractivity contribution in [1.82, 2.24) is 0 Å². The molecule has 0 aliphatic carbocycles. The maximum absolute atomic E-state index is 12.9. The third-order valence-corrected chi connectivity index (χ3v) is 1.76. The Balaban J connectivity index is 2.94. The van der Waals surface area contributed by atoms with Gasteiger partial charge in [0.2, 0.25) is 0 Å². The minimum Gasteiger partial charge on any atom is -0.497 e. The van der Waals surface area contributed by atoms with Crippen molar-refractivity contribution in [2.45, 2.75) is 0 Å². The molecular weight excluding hydrogens is 187 g/mol. The molecule has 1 aromatic rings. The molecular formula is C10H11FOS. The van der Waals surface area contributed by atoms with Gasteiger partial charge in [-0.3, -0.25) is 0 Å². The zero-order chi connectivity index (χ0) is 9.68. The number of benzene rings is 1. The van der Waals surface area contributed by atoms with Crippen molar-refractivity contribution >= 4 is 18.7 Å². The Morgan fingerprint density at radius 1 is 1.46 bits per heavy atom. The summed E-state index contributed by atoms with van der Waals surface area (Å²) in [6.07, 6.45) is 3.65. The van der Waals surface area contributed by atoms with Crippen LogP contribution in [-0.2, 0) is 0 Å². The van der Waals surface area contributed by atoms with E-state index in [9.17, 15) is 4.39 Å². The predicted octanol–water partition coefficient (Wildman–Crippen LogP) is 2.78. The maximum Gasteiger partial charge on any atom is 0.127 e. The summed E-state index contributed by atoms with van der Waals surface area (Å²) in [5, 5.41) is 0. The Morgan fingerprint density at radius 3 is 2.85 bits per heavy atom. The van der Waals surface area contributed by atoms with Crippen LogP contribution < -0.4 is 4.74 Å². The van der Waals surface area contributed by atoms with E-state index in [0.29, 0.717) is 11.5 Å². The van der Waals surface area contributed by atoms with Gasteiger partial charge in [-0.1, -0.05) is 12.2 Å². The number of hydrogen-bond acceptors (Lipinski definition) is 2. The summed E-state index contributed by atoms with van der Waals surface area (Å²) in [5.74, 6) is 0.871. The van der Waals surface area contributed by atoms with Crippen LogP contribution in [0.15, 0.2) is 24.3 Å². The first-order chi connectivity index (χ1) is 6.26. The standard InChI is InChI=1S/C10H11FOS/c1-12-10-6-8(3-2-4-13)5-9(11)7-10/h2-3,5-7,13H,4H2,1H3. The summed E-state index contributed by atoms with van der Waals surface area (Å²) in [6, 6.07) is 4.56. The predicted molar refractivity (Wildman–Crippen MR) is 55.8 cm³/mol. The minimum atomic E-state index is -0.293. The Bertz CT molecular complexity index is 310. The molecule has 0 aromatic heterocycles.